The number of imidazole rings is 1. The maximum atomic E-state index is 6.39. The van der Waals surface area contributed by atoms with Crippen LogP contribution in [0.25, 0.3) is 38.6 Å². The molecule has 0 spiro atoms. The minimum Gasteiger partial charge on any atom is -0.439 e. The fourth-order valence-electron chi connectivity index (χ4n) is 8.60. The van der Waals surface area contributed by atoms with Crippen molar-refractivity contribution in [1.29, 1.82) is 0 Å². The molecule has 0 aliphatic rings. The smallest absolute Gasteiger partial charge is 0.219 e. The fraction of sp³-hybridized carbons (Fsp3) is 0.120. The molecule has 4 nitrogen and oxygen atoms in total. The first kappa shape index (κ1) is 34.5. The van der Waals surface area contributed by atoms with E-state index in [-0.39, 0.29) is 0 Å². The number of hydrogen-bond donors (Lipinski definition) is 0. The highest BCUT2D eigenvalue weighted by molar-refractivity contribution is 7.20. The van der Waals surface area contributed by atoms with Crippen molar-refractivity contribution in [3.8, 4) is 22.9 Å². The zero-order valence-electron chi connectivity index (χ0n) is 31.6. The molecule has 6 aromatic carbocycles. The van der Waals surface area contributed by atoms with Crippen molar-refractivity contribution in [3.63, 3.8) is 0 Å². The SMILES string of the molecule is CC(C)c1cccc(C(C)C)c1-c1cnc2c3cc([Si](c4ccccc4)(c4ccccc4)c4cccc(Oc5ccccn5)c4)ccc3c3ccccc3n12. The van der Waals surface area contributed by atoms with E-state index in [4.69, 9.17) is 9.72 Å². The molecule has 0 atom stereocenters. The Balaban J connectivity index is 1.37. The Morgan fingerprint density at radius 3 is 1.80 bits per heavy atom. The summed E-state index contributed by atoms with van der Waals surface area (Å²) in [5.41, 5.74) is 7.25. The van der Waals surface area contributed by atoms with Crippen molar-refractivity contribution < 1.29 is 4.74 Å². The van der Waals surface area contributed by atoms with E-state index in [0.717, 1.165) is 28.0 Å². The van der Waals surface area contributed by atoms with Gasteiger partial charge in [-0.05, 0) is 73.4 Å². The van der Waals surface area contributed by atoms with E-state index >= 15 is 0 Å². The van der Waals surface area contributed by atoms with Crippen LogP contribution >= 0.6 is 0 Å². The average Bonchev–Trinajstić information content (AvgIpc) is 3.68. The Kier molecular flexibility index (Phi) is 8.87. The Morgan fingerprint density at radius 1 is 0.509 bits per heavy atom. The van der Waals surface area contributed by atoms with Crippen LogP contribution in [0.1, 0.15) is 50.7 Å². The third-order valence-electron chi connectivity index (χ3n) is 11.1. The summed E-state index contributed by atoms with van der Waals surface area (Å²) in [4.78, 5) is 9.79. The molecule has 55 heavy (non-hydrogen) atoms. The van der Waals surface area contributed by atoms with Crippen LogP contribution < -0.4 is 25.5 Å². The van der Waals surface area contributed by atoms with Gasteiger partial charge in [-0.2, -0.15) is 0 Å². The van der Waals surface area contributed by atoms with Crippen molar-refractivity contribution in [1.82, 2.24) is 14.4 Å². The molecule has 0 aliphatic carbocycles. The van der Waals surface area contributed by atoms with Gasteiger partial charge in [0.1, 0.15) is 11.4 Å². The van der Waals surface area contributed by atoms with Gasteiger partial charge in [-0.1, -0.05) is 161 Å². The lowest BCUT2D eigenvalue weighted by Gasteiger charge is -2.35. The van der Waals surface area contributed by atoms with E-state index in [0.29, 0.717) is 17.7 Å². The van der Waals surface area contributed by atoms with Gasteiger partial charge in [-0.15, -0.1) is 0 Å². The second-order valence-electron chi connectivity index (χ2n) is 15.0. The molecule has 0 unspecified atom stereocenters. The van der Waals surface area contributed by atoms with Crippen LogP contribution in [0.3, 0.4) is 0 Å². The van der Waals surface area contributed by atoms with Crippen LogP contribution in [0.5, 0.6) is 11.6 Å². The van der Waals surface area contributed by atoms with Crippen molar-refractivity contribution in [2.24, 2.45) is 0 Å². The van der Waals surface area contributed by atoms with Crippen LogP contribution in [-0.2, 0) is 0 Å². The third kappa shape index (κ3) is 5.83. The molecule has 3 aromatic heterocycles. The van der Waals surface area contributed by atoms with E-state index in [1.54, 1.807) is 6.20 Å². The molecule has 0 saturated heterocycles. The topological polar surface area (TPSA) is 39.4 Å². The molecule has 0 N–H and O–H groups in total. The summed E-state index contributed by atoms with van der Waals surface area (Å²) in [6, 6.07) is 59.2. The van der Waals surface area contributed by atoms with Gasteiger partial charge in [0.2, 0.25) is 5.88 Å². The summed E-state index contributed by atoms with van der Waals surface area (Å²) in [5, 5.41) is 8.64. The summed E-state index contributed by atoms with van der Waals surface area (Å²) in [7, 11) is -2.96. The zero-order valence-corrected chi connectivity index (χ0v) is 32.6. The molecule has 3 heterocycles. The van der Waals surface area contributed by atoms with E-state index in [1.807, 2.05) is 24.3 Å². The standard InChI is InChI=1S/C50H43N3OSi/c1-34(2)41-24-16-25-42(35(3)4)49(41)47-33-52-50-45-32-40(28-29-43(45)44-23-11-12-26-46(44)53(47)50)55(37-18-7-5-8-19-37,38-20-9-6-10-21-38)39-22-15-17-36(31-39)54-48-27-13-14-30-51-48/h5-35H,1-4H3. The van der Waals surface area contributed by atoms with Crippen molar-refractivity contribution in [3.05, 3.63) is 187 Å². The first-order valence-corrected chi connectivity index (χ1v) is 21.2. The Labute approximate surface area is 323 Å². The lowest BCUT2D eigenvalue weighted by molar-refractivity contribution is 0.463. The summed E-state index contributed by atoms with van der Waals surface area (Å²) in [5.74, 6) is 2.05. The molecule has 9 aromatic rings. The normalized spacial score (nSPS) is 12.0. The number of aromatic nitrogens is 3. The third-order valence-corrected chi connectivity index (χ3v) is 15.8. The molecular formula is C50H43N3OSi. The van der Waals surface area contributed by atoms with Crippen LogP contribution in [-0.4, -0.2) is 22.4 Å². The van der Waals surface area contributed by atoms with Gasteiger partial charge >= 0.3 is 0 Å². The Morgan fingerprint density at radius 2 is 1.13 bits per heavy atom. The first-order valence-electron chi connectivity index (χ1n) is 19.2. The molecule has 0 aliphatic heterocycles. The maximum absolute atomic E-state index is 6.39. The number of benzene rings is 6. The molecule has 0 fully saturated rings. The maximum Gasteiger partial charge on any atom is 0.219 e. The quantitative estimate of drug-likeness (QED) is 0.0844. The van der Waals surface area contributed by atoms with Crippen LogP contribution in [0.15, 0.2) is 176 Å². The molecule has 5 heteroatoms. The number of hydrogen-bond acceptors (Lipinski definition) is 3. The van der Waals surface area contributed by atoms with E-state index < -0.39 is 8.07 Å². The lowest BCUT2D eigenvalue weighted by Crippen LogP contribution is -2.74. The van der Waals surface area contributed by atoms with E-state index in [1.165, 1.54) is 48.2 Å². The molecular weight excluding hydrogens is 687 g/mol. The predicted molar refractivity (Wildman–Crippen MR) is 232 cm³/mol. The van der Waals surface area contributed by atoms with Crippen molar-refractivity contribution >= 4 is 56.1 Å². The number of pyridine rings is 2. The highest BCUT2D eigenvalue weighted by atomic mass is 28.3. The fourth-order valence-corrected chi connectivity index (χ4v) is 13.4. The van der Waals surface area contributed by atoms with E-state index in [2.05, 4.69) is 183 Å². The van der Waals surface area contributed by atoms with Gasteiger partial charge in [0.25, 0.3) is 0 Å². The molecule has 9 rings (SSSR count). The number of para-hydroxylation sites is 1. The Hall–Kier alpha value is -6.30. The van der Waals surface area contributed by atoms with Gasteiger partial charge in [0.05, 0.1) is 17.4 Å². The van der Waals surface area contributed by atoms with Crippen molar-refractivity contribution in [2.75, 3.05) is 0 Å². The summed E-state index contributed by atoms with van der Waals surface area (Å²) >= 11 is 0. The summed E-state index contributed by atoms with van der Waals surface area (Å²) in [6.07, 6.45) is 3.87. The van der Waals surface area contributed by atoms with Crippen LogP contribution in [0, 0.1) is 0 Å². The second kappa shape index (κ2) is 14.2. The van der Waals surface area contributed by atoms with Gasteiger partial charge in [0, 0.05) is 28.6 Å². The minimum atomic E-state index is -2.96. The first-order chi connectivity index (χ1) is 26.9. The highest BCUT2D eigenvalue weighted by Crippen LogP contribution is 2.39. The number of ether oxygens (including phenoxy) is 1. The minimum absolute atomic E-state index is 0.360. The largest absolute Gasteiger partial charge is 0.439 e. The molecule has 0 amide bonds. The van der Waals surface area contributed by atoms with Gasteiger partial charge in [-0.25, -0.2) is 9.97 Å². The van der Waals surface area contributed by atoms with Gasteiger partial charge in [-0.3, -0.25) is 4.40 Å². The van der Waals surface area contributed by atoms with Crippen LogP contribution in [0.2, 0.25) is 0 Å². The molecule has 268 valence electrons. The number of rotatable bonds is 9. The summed E-state index contributed by atoms with van der Waals surface area (Å²) in [6.45, 7) is 9.17. The molecule has 0 radical (unpaired) electrons. The highest BCUT2D eigenvalue weighted by Gasteiger charge is 2.42. The average molecular weight is 730 g/mol. The number of nitrogens with zero attached hydrogens (tertiary/aromatic N) is 3. The summed E-state index contributed by atoms with van der Waals surface area (Å²) < 4.78 is 8.81. The Bertz CT molecular complexity index is 2730. The van der Waals surface area contributed by atoms with Gasteiger partial charge < -0.3 is 4.74 Å². The van der Waals surface area contributed by atoms with Crippen LogP contribution in [0.4, 0.5) is 0 Å². The molecule has 0 saturated carbocycles. The second-order valence-corrected chi connectivity index (χ2v) is 18.8. The monoisotopic (exact) mass is 729 g/mol. The molecule has 0 bridgehead atoms. The lowest BCUT2D eigenvalue weighted by atomic mass is 9.87. The van der Waals surface area contributed by atoms with E-state index in [9.17, 15) is 0 Å². The zero-order chi connectivity index (χ0) is 37.5. The van der Waals surface area contributed by atoms with Crippen molar-refractivity contribution in [2.45, 2.75) is 39.5 Å². The van der Waals surface area contributed by atoms with Gasteiger partial charge in [0.15, 0.2) is 8.07 Å². The predicted octanol–water partition coefficient (Wildman–Crippen LogP) is 10.1. The number of fused-ring (bicyclic) bond motifs is 6.